The lowest BCUT2D eigenvalue weighted by Gasteiger charge is -2.51. The van der Waals surface area contributed by atoms with Crippen molar-refractivity contribution in [2.75, 3.05) is 20.3 Å². The van der Waals surface area contributed by atoms with Gasteiger partial charge in [0.1, 0.15) is 30.0 Å². The Balaban J connectivity index is 1.32. The maximum absolute atomic E-state index is 14.1. The van der Waals surface area contributed by atoms with Gasteiger partial charge in [0.25, 0.3) is 0 Å². The summed E-state index contributed by atoms with van der Waals surface area (Å²) in [7, 11) is -1.64. The van der Waals surface area contributed by atoms with Gasteiger partial charge in [-0.25, -0.2) is 0 Å². The number of carbonyl (C=O) groups excluding carboxylic acids is 2. The van der Waals surface area contributed by atoms with Crippen molar-refractivity contribution in [3.8, 4) is 17.2 Å². The van der Waals surface area contributed by atoms with Gasteiger partial charge in [0.2, 0.25) is 17.2 Å². The van der Waals surface area contributed by atoms with Crippen molar-refractivity contribution in [3.05, 3.63) is 64.2 Å². The monoisotopic (exact) mass is 672 g/mol. The molecule has 0 radical (unpaired) electrons. The molecule has 4 heterocycles. The first-order chi connectivity index (χ1) is 22.7. The minimum Gasteiger partial charge on any atom is -0.510 e. The van der Waals surface area contributed by atoms with Gasteiger partial charge in [0.05, 0.1) is 31.3 Å². The molecule has 0 saturated carbocycles. The number of epoxide rings is 1. The lowest BCUT2D eigenvalue weighted by atomic mass is 9.83. The molecule has 48 heavy (non-hydrogen) atoms. The zero-order valence-electron chi connectivity index (χ0n) is 29.0. The van der Waals surface area contributed by atoms with E-state index in [0.717, 1.165) is 40.5 Å². The number of benzene rings is 3. The Morgan fingerprint density at radius 2 is 1.60 bits per heavy atom. The highest BCUT2D eigenvalue weighted by Gasteiger charge is 2.81. The highest BCUT2D eigenvalue weighted by Crippen LogP contribution is 2.64. The van der Waals surface area contributed by atoms with Crippen LogP contribution in [0.15, 0.2) is 36.4 Å². The Morgan fingerprint density at radius 1 is 0.938 bits per heavy atom. The first-order valence-corrected chi connectivity index (χ1v) is 18.8. The molecule has 0 N–H and O–H groups in total. The summed E-state index contributed by atoms with van der Waals surface area (Å²) in [5.74, 6) is 0.323. The molecule has 9 nitrogen and oxygen atoms in total. The van der Waals surface area contributed by atoms with Crippen molar-refractivity contribution in [1.29, 1.82) is 0 Å². The minimum atomic E-state index is -3.29. The van der Waals surface area contributed by atoms with Crippen molar-refractivity contribution < 1.29 is 42.1 Å². The molecule has 3 aromatic carbocycles. The third-order valence-electron chi connectivity index (χ3n) is 10.9. The first-order valence-electron chi connectivity index (χ1n) is 17.0. The van der Waals surface area contributed by atoms with Crippen LogP contribution >= 0.6 is 0 Å². The van der Waals surface area contributed by atoms with Gasteiger partial charge in [-0.1, -0.05) is 71.9 Å². The molecule has 4 aliphatic heterocycles. The van der Waals surface area contributed by atoms with Crippen LogP contribution in [0.25, 0.3) is 10.8 Å². The van der Waals surface area contributed by atoms with Crippen molar-refractivity contribution in [3.63, 3.8) is 0 Å². The molecule has 10 heteroatoms. The zero-order valence-corrected chi connectivity index (χ0v) is 30.0. The van der Waals surface area contributed by atoms with Gasteiger partial charge in [-0.3, -0.25) is 9.59 Å². The van der Waals surface area contributed by atoms with Crippen molar-refractivity contribution in [2.24, 2.45) is 0 Å². The molecule has 8 rings (SSSR count). The summed E-state index contributed by atoms with van der Waals surface area (Å²) in [5, 5.41) is 0.673. The van der Waals surface area contributed by atoms with Gasteiger partial charge < -0.3 is 32.5 Å². The van der Waals surface area contributed by atoms with Crippen LogP contribution in [0.4, 0.5) is 0 Å². The summed E-state index contributed by atoms with van der Waals surface area (Å²) in [5.41, 5.74) is 2.89. The SMILES string of the molecule is COc1c2c(c3c4c(c([C@H]5O[C@@]6(COCc7ccccc7)O[C@@H]5C(=O)[C@@]65CO5)c(C)cc14)O[Si](C(C)(C)C)(C(C)(C)C)O3)C(=O)CCC2. The maximum Gasteiger partial charge on any atom is 0.471 e. The molecule has 5 aliphatic rings. The van der Waals surface area contributed by atoms with Crippen LogP contribution in [0, 0.1) is 6.92 Å². The van der Waals surface area contributed by atoms with Crippen LogP contribution in [0.3, 0.4) is 0 Å². The molecule has 3 saturated heterocycles. The quantitative estimate of drug-likeness (QED) is 0.199. The average Bonchev–Trinajstić information content (AvgIpc) is 3.70. The Labute approximate surface area is 282 Å². The van der Waals surface area contributed by atoms with Gasteiger partial charge in [0, 0.05) is 33.0 Å². The Hall–Kier alpha value is -3.28. The lowest BCUT2D eigenvalue weighted by Crippen LogP contribution is -2.63. The van der Waals surface area contributed by atoms with E-state index in [1.807, 2.05) is 43.3 Å². The number of carbonyl (C=O) groups is 2. The molecule has 254 valence electrons. The van der Waals surface area contributed by atoms with Crippen molar-refractivity contribution in [1.82, 2.24) is 0 Å². The lowest BCUT2D eigenvalue weighted by molar-refractivity contribution is -0.225. The van der Waals surface area contributed by atoms with Crippen molar-refractivity contribution >= 4 is 30.9 Å². The van der Waals surface area contributed by atoms with E-state index in [2.05, 4.69) is 41.5 Å². The third-order valence-corrected chi connectivity index (χ3v) is 15.8. The topological polar surface area (TPSA) is 102 Å². The summed E-state index contributed by atoms with van der Waals surface area (Å²) >= 11 is 0. The molecule has 0 aromatic heterocycles. The first kappa shape index (κ1) is 32.0. The molecule has 0 amide bonds. The van der Waals surface area contributed by atoms with E-state index in [1.54, 1.807) is 7.11 Å². The molecule has 3 fully saturated rings. The van der Waals surface area contributed by atoms with Crippen LogP contribution in [0.1, 0.15) is 93.1 Å². The van der Waals surface area contributed by atoms with Crippen LogP contribution in [0.5, 0.6) is 17.2 Å². The van der Waals surface area contributed by atoms with Gasteiger partial charge in [0.15, 0.2) is 11.9 Å². The number of ketones is 2. The molecule has 0 unspecified atom stereocenters. The molecule has 1 aliphatic carbocycles. The predicted molar refractivity (Wildman–Crippen MR) is 180 cm³/mol. The van der Waals surface area contributed by atoms with E-state index in [9.17, 15) is 9.59 Å². The molecule has 4 atom stereocenters. The number of methoxy groups -OCH3 is 1. The van der Waals surface area contributed by atoms with Gasteiger partial charge >= 0.3 is 8.56 Å². The smallest absolute Gasteiger partial charge is 0.471 e. The third kappa shape index (κ3) is 4.16. The molecular weight excluding hydrogens is 628 g/mol. The number of fused-ring (bicyclic) bond motifs is 5. The van der Waals surface area contributed by atoms with E-state index >= 15 is 0 Å². The fraction of sp³-hybridized carbons (Fsp3) is 0.526. The van der Waals surface area contributed by atoms with Crippen LogP contribution in [-0.2, 0) is 36.8 Å². The second-order valence-electron chi connectivity index (χ2n) is 16.0. The van der Waals surface area contributed by atoms with Gasteiger partial charge in [-0.15, -0.1) is 0 Å². The molecule has 1 spiro atoms. The van der Waals surface area contributed by atoms with E-state index in [0.29, 0.717) is 41.2 Å². The second kappa shape index (κ2) is 10.4. The zero-order chi connectivity index (χ0) is 34.0. The molecule has 2 bridgehead atoms. The largest absolute Gasteiger partial charge is 0.510 e. The standard InChI is InChI=1S/C38H44O9Si/c1-21-17-24-28-30(26(21)32-33-34(40)37(19-43-37)38(44-32,45-33)20-42-18-22-13-10-9-11-14-22)46-48(35(2,3)4,36(5,6)7)47-31(28)27-23(29(24)41-8)15-12-16-25(27)39/h9-11,13-14,17,32-33H,12,15-16,18-20H2,1-8H3/t32-,33+,37+,38+/m1/s1. The normalized spacial score (nSPS) is 28.4. The van der Waals surface area contributed by atoms with Crippen LogP contribution in [0.2, 0.25) is 10.1 Å². The van der Waals surface area contributed by atoms with Crippen molar-refractivity contribution in [2.45, 2.75) is 108 Å². The van der Waals surface area contributed by atoms with Crippen LogP contribution < -0.4 is 13.6 Å². The summed E-state index contributed by atoms with van der Waals surface area (Å²) in [6, 6.07) is 11.9. The number of Topliss-reactive ketones (excluding diaryl/α,β-unsaturated/α-hetero) is 2. The molecule has 3 aromatic rings. The Bertz CT molecular complexity index is 1850. The number of hydrogen-bond acceptors (Lipinski definition) is 9. The van der Waals surface area contributed by atoms with E-state index in [1.165, 1.54) is 0 Å². The highest BCUT2D eigenvalue weighted by atomic mass is 28.4. The Morgan fingerprint density at radius 3 is 2.25 bits per heavy atom. The fourth-order valence-electron chi connectivity index (χ4n) is 8.74. The number of aryl methyl sites for hydroxylation is 1. The molecular formula is C38H44O9Si. The number of hydrogen-bond donors (Lipinski definition) is 0. The highest BCUT2D eigenvalue weighted by molar-refractivity contribution is 6.75. The van der Waals surface area contributed by atoms with Gasteiger partial charge in [-0.05, 0) is 37.0 Å². The average molecular weight is 673 g/mol. The number of rotatable bonds is 6. The summed E-state index contributed by atoms with van der Waals surface area (Å²) in [6.07, 6.45) is 0.205. The predicted octanol–water partition coefficient (Wildman–Crippen LogP) is 7.21. The fourth-order valence-corrected chi connectivity index (χ4v) is 13.2. The summed E-state index contributed by atoms with van der Waals surface area (Å²) in [6.45, 7) is 15.5. The number of ether oxygens (including phenoxy) is 5. The van der Waals surface area contributed by atoms with Gasteiger partial charge in [-0.2, -0.15) is 0 Å². The van der Waals surface area contributed by atoms with E-state index in [4.69, 9.17) is 32.5 Å². The minimum absolute atomic E-state index is 0.0241. The second-order valence-corrected chi connectivity index (χ2v) is 20.6. The Kier molecular flexibility index (Phi) is 6.90. The van der Waals surface area contributed by atoms with E-state index in [-0.39, 0.29) is 24.8 Å². The summed E-state index contributed by atoms with van der Waals surface area (Å²) < 4.78 is 46.1. The van der Waals surface area contributed by atoms with E-state index < -0.39 is 42.2 Å². The van der Waals surface area contributed by atoms with Crippen LogP contribution in [-0.4, -0.2) is 57.9 Å². The maximum atomic E-state index is 14.1. The summed E-state index contributed by atoms with van der Waals surface area (Å²) in [4.78, 5) is 27.9.